The smallest absolute Gasteiger partial charge is 0.319 e. The molecular weight excluding hydrogens is 364 g/mol. The molecule has 0 radical (unpaired) electrons. The summed E-state index contributed by atoms with van der Waals surface area (Å²) in [4.78, 5) is 16.9. The molecular formula is C23H32N4O2. The topological polar surface area (TPSA) is 56.8 Å². The standard InChI is InChI=1S/C23H32N4O2/c1-2-3-19-29-22-11-9-20(10-12-22)25-23(28)24-13-14-26-15-17-27(18-16-26)21-7-5-4-6-8-21/h4-12H,2-3,13-19H2,1H3,(H2,24,25,28). The van der Waals surface area contributed by atoms with Crippen LogP contribution in [0.4, 0.5) is 16.2 Å². The molecule has 0 spiro atoms. The molecule has 0 unspecified atom stereocenters. The van der Waals surface area contributed by atoms with Gasteiger partial charge in [0, 0.05) is 50.6 Å². The maximum Gasteiger partial charge on any atom is 0.319 e. The first-order chi connectivity index (χ1) is 14.2. The van der Waals surface area contributed by atoms with Gasteiger partial charge in [0.15, 0.2) is 0 Å². The van der Waals surface area contributed by atoms with Gasteiger partial charge in [0.2, 0.25) is 0 Å². The molecule has 2 N–H and O–H groups in total. The second-order valence-corrected chi connectivity index (χ2v) is 7.27. The van der Waals surface area contributed by atoms with Crippen molar-refractivity contribution in [3.63, 3.8) is 0 Å². The van der Waals surface area contributed by atoms with Gasteiger partial charge in [-0.3, -0.25) is 4.90 Å². The molecule has 1 aliphatic rings. The van der Waals surface area contributed by atoms with Gasteiger partial charge < -0.3 is 20.3 Å². The average Bonchev–Trinajstić information content (AvgIpc) is 2.76. The van der Waals surface area contributed by atoms with E-state index in [0.717, 1.165) is 63.6 Å². The lowest BCUT2D eigenvalue weighted by Gasteiger charge is -2.36. The van der Waals surface area contributed by atoms with Crippen molar-refractivity contribution in [2.45, 2.75) is 19.8 Å². The van der Waals surface area contributed by atoms with Gasteiger partial charge in [-0.1, -0.05) is 31.5 Å². The summed E-state index contributed by atoms with van der Waals surface area (Å²) in [6.07, 6.45) is 2.16. The van der Waals surface area contributed by atoms with Gasteiger partial charge in [0.1, 0.15) is 5.75 Å². The van der Waals surface area contributed by atoms with Gasteiger partial charge in [-0.05, 0) is 42.8 Å². The molecule has 156 valence electrons. The monoisotopic (exact) mass is 396 g/mol. The Morgan fingerprint density at radius 3 is 2.41 bits per heavy atom. The number of unbranched alkanes of at least 4 members (excludes halogenated alkanes) is 1. The third-order valence-corrected chi connectivity index (χ3v) is 5.09. The third-order valence-electron chi connectivity index (χ3n) is 5.09. The molecule has 1 fully saturated rings. The van der Waals surface area contributed by atoms with Gasteiger partial charge >= 0.3 is 6.03 Å². The van der Waals surface area contributed by atoms with E-state index < -0.39 is 0 Å². The highest BCUT2D eigenvalue weighted by Gasteiger charge is 2.16. The molecule has 1 aliphatic heterocycles. The van der Waals surface area contributed by atoms with E-state index in [1.807, 2.05) is 30.3 Å². The van der Waals surface area contributed by atoms with E-state index in [1.54, 1.807) is 0 Å². The van der Waals surface area contributed by atoms with Crippen LogP contribution in [-0.4, -0.2) is 56.8 Å². The Morgan fingerprint density at radius 1 is 1.00 bits per heavy atom. The van der Waals surface area contributed by atoms with Crippen LogP contribution in [0, 0.1) is 0 Å². The fraction of sp³-hybridized carbons (Fsp3) is 0.435. The molecule has 6 heteroatoms. The number of hydrogen-bond donors (Lipinski definition) is 2. The van der Waals surface area contributed by atoms with Crippen LogP contribution >= 0.6 is 0 Å². The highest BCUT2D eigenvalue weighted by Crippen LogP contribution is 2.16. The number of carbonyl (C=O) groups is 1. The van der Waals surface area contributed by atoms with Crippen LogP contribution < -0.4 is 20.3 Å². The van der Waals surface area contributed by atoms with E-state index in [1.165, 1.54) is 5.69 Å². The lowest BCUT2D eigenvalue weighted by molar-refractivity contribution is 0.240. The van der Waals surface area contributed by atoms with Crippen LogP contribution in [0.25, 0.3) is 0 Å². The van der Waals surface area contributed by atoms with Crippen molar-refractivity contribution in [3.05, 3.63) is 54.6 Å². The Kier molecular flexibility index (Phi) is 8.19. The van der Waals surface area contributed by atoms with Crippen molar-refractivity contribution >= 4 is 17.4 Å². The summed E-state index contributed by atoms with van der Waals surface area (Å²) in [5, 5.41) is 5.81. The zero-order chi connectivity index (χ0) is 20.3. The average molecular weight is 397 g/mol. The van der Waals surface area contributed by atoms with Crippen molar-refractivity contribution in [1.82, 2.24) is 10.2 Å². The summed E-state index contributed by atoms with van der Waals surface area (Å²) < 4.78 is 5.64. The second kappa shape index (κ2) is 11.3. The Hall–Kier alpha value is -2.73. The van der Waals surface area contributed by atoms with Crippen LogP contribution in [0.2, 0.25) is 0 Å². The molecule has 0 bridgehead atoms. The van der Waals surface area contributed by atoms with E-state index in [2.05, 4.69) is 51.6 Å². The van der Waals surface area contributed by atoms with Crippen LogP contribution in [0.3, 0.4) is 0 Å². The lowest BCUT2D eigenvalue weighted by Crippen LogP contribution is -2.48. The zero-order valence-corrected chi connectivity index (χ0v) is 17.3. The number of benzene rings is 2. The first kappa shape index (κ1) is 21.0. The number of carbonyl (C=O) groups excluding carboxylic acids is 1. The SMILES string of the molecule is CCCCOc1ccc(NC(=O)NCCN2CCN(c3ccccc3)CC2)cc1. The number of amides is 2. The van der Waals surface area contributed by atoms with Crippen molar-refractivity contribution in [2.75, 3.05) is 56.1 Å². The number of hydrogen-bond acceptors (Lipinski definition) is 4. The third kappa shape index (κ3) is 6.98. The molecule has 0 saturated carbocycles. The van der Waals surface area contributed by atoms with Gasteiger partial charge in [-0.25, -0.2) is 4.79 Å². The second-order valence-electron chi connectivity index (χ2n) is 7.27. The van der Waals surface area contributed by atoms with Crippen molar-refractivity contribution in [1.29, 1.82) is 0 Å². The first-order valence-electron chi connectivity index (χ1n) is 10.5. The Balaban J connectivity index is 1.31. The van der Waals surface area contributed by atoms with E-state index in [4.69, 9.17) is 4.74 Å². The molecule has 6 nitrogen and oxygen atoms in total. The maximum absolute atomic E-state index is 12.1. The zero-order valence-electron chi connectivity index (χ0n) is 17.3. The number of nitrogens with one attached hydrogen (secondary N) is 2. The number of para-hydroxylation sites is 1. The summed E-state index contributed by atoms with van der Waals surface area (Å²) in [5.74, 6) is 0.832. The van der Waals surface area contributed by atoms with Crippen LogP contribution in [0.1, 0.15) is 19.8 Å². The summed E-state index contributed by atoms with van der Waals surface area (Å²) >= 11 is 0. The summed E-state index contributed by atoms with van der Waals surface area (Å²) in [7, 11) is 0. The molecule has 1 heterocycles. The Morgan fingerprint density at radius 2 is 1.72 bits per heavy atom. The minimum absolute atomic E-state index is 0.174. The molecule has 29 heavy (non-hydrogen) atoms. The summed E-state index contributed by atoms with van der Waals surface area (Å²) in [6.45, 7) is 8.42. The lowest BCUT2D eigenvalue weighted by atomic mass is 10.2. The van der Waals surface area contributed by atoms with E-state index >= 15 is 0 Å². The number of ether oxygens (including phenoxy) is 1. The number of piperazine rings is 1. The normalized spacial score (nSPS) is 14.4. The van der Waals surface area contributed by atoms with E-state index in [9.17, 15) is 4.79 Å². The van der Waals surface area contributed by atoms with Gasteiger partial charge in [-0.2, -0.15) is 0 Å². The Labute approximate surface area is 173 Å². The quantitative estimate of drug-likeness (QED) is 0.633. The number of rotatable bonds is 9. The minimum Gasteiger partial charge on any atom is -0.494 e. The number of nitrogens with zero attached hydrogens (tertiary/aromatic N) is 2. The van der Waals surface area contributed by atoms with Crippen LogP contribution in [0.15, 0.2) is 54.6 Å². The predicted molar refractivity (Wildman–Crippen MR) is 119 cm³/mol. The van der Waals surface area contributed by atoms with Gasteiger partial charge in [0.05, 0.1) is 6.61 Å². The van der Waals surface area contributed by atoms with Crippen molar-refractivity contribution in [3.8, 4) is 5.75 Å². The largest absolute Gasteiger partial charge is 0.494 e. The van der Waals surface area contributed by atoms with Gasteiger partial charge in [0.25, 0.3) is 0 Å². The van der Waals surface area contributed by atoms with E-state index in [0.29, 0.717) is 6.54 Å². The highest BCUT2D eigenvalue weighted by molar-refractivity contribution is 5.89. The van der Waals surface area contributed by atoms with Crippen molar-refractivity contribution in [2.24, 2.45) is 0 Å². The van der Waals surface area contributed by atoms with E-state index in [-0.39, 0.29) is 6.03 Å². The molecule has 2 amide bonds. The maximum atomic E-state index is 12.1. The highest BCUT2D eigenvalue weighted by atomic mass is 16.5. The van der Waals surface area contributed by atoms with Crippen LogP contribution in [0.5, 0.6) is 5.75 Å². The molecule has 2 aromatic rings. The number of urea groups is 1. The first-order valence-corrected chi connectivity index (χ1v) is 10.5. The molecule has 2 aromatic carbocycles. The van der Waals surface area contributed by atoms with Crippen molar-refractivity contribution < 1.29 is 9.53 Å². The number of anilines is 2. The predicted octanol–water partition coefficient (Wildman–Crippen LogP) is 3.81. The van der Waals surface area contributed by atoms with Crippen LogP contribution in [-0.2, 0) is 0 Å². The minimum atomic E-state index is -0.174. The molecule has 3 rings (SSSR count). The molecule has 0 aromatic heterocycles. The fourth-order valence-electron chi connectivity index (χ4n) is 3.34. The van der Waals surface area contributed by atoms with Gasteiger partial charge in [-0.15, -0.1) is 0 Å². The molecule has 1 saturated heterocycles. The molecule has 0 atom stereocenters. The fourth-order valence-corrected chi connectivity index (χ4v) is 3.34. The Bertz CT molecular complexity index is 728. The molecule has 0 aliphatic carbocycles. The summed E-state index contributed by atoms with van der Waals surface area (Å²) in [5.41, 5.74) is 2.05. The summed E-state index contributed by atoms with van der Waals surface area (Å²) in [6, 6.07) is 17.9.